The molecule has 0 radical (unpaired) electrons. The number of aromatic nitrogens is 2. The molecule has 8 nitrogen and oxygen atoms in total. The Balaban J connectivity index is 1.44. The van der Waals surface area contributed by atoms with Crippen LogP contribution in [0.25, 0.3) is 16.9 Å². The molecule has 2 amide bonds. The number of rotatable bonds is 10. The summed E-state index contributed by atoms with van der Waals surface area (Å²) in [4.78, 5) is 32.9. The predicted octanol–water partition coefficient (Wildman–Crippen LogP) is 5.05. The van der Waals surface area contributed by atoms with Crippen molar-refractivity contribution in [3.05, 3.63) is 90.6 Å². The van der Waals surface area contributed by atoms with Gasteiger partial charge in [-0.05, 0) is 43.0 Å². The lowest BCUT2D eigenvalue weighted by Gasteiger charge is -2.22. The second-order valence-corrected chi connectivity index (χ2v) is 9.27. The van der Waals surface area contributed by atoms with Crippen LogP contribution in [0.15, 0.2) is 85.1 Å². The predicted molar refractivity (Wildman–Crippen MR) is 146 cm³/mol. The van der Waals surface area contributed by atoms with E-state index in [0.29, 0.717) is 41.2 Å². The molecule has 3 aromatic carbocycles. The highest BCUT2D eigenvalue weighted by atomic mass is 16.5. The fourth-order valence-corrected chi connectivity index (χ4v) is 4.32. The Morgan fingerprint density at radius 2 is 1.63 bits per heavy atom. The number of hydrogen-bond acceptors (Lipinski definition) is 5. The first-order chi connectivity index (χ1) is 18.6. The quantitative estimate of drug-likeness (QED) is 0.323. The number of anilines is 1. The minimum atomic E-state index is -0.318. The highest BCUT2D eigenvalue weighted by molar-refractivity contribution is 5.99. The van der Waals surface area contributed by atoms with Crippen LogP contribution in [-0.4, -0.2) is 53.6 Å². The summed E-state index contributed by atoms with van der Waals surface area (Å²) in [7, 11) is 3.16. The van der Waals surface area contributed by atoms with Gasteiger partial charge in [0.05, 0.1) is 25.6 Å². The molecule has 0 bridgehead atoms. The fourth-order valence-electron chi connectivity index (χ4n) is 4.32. The van der Waals surface area contributed by atoms with Crippen molar-refractivity contribution in [3.63, 3.8) is 0 Å². The molecule has 8 heteroatoms. The number of hydrogen-bond donors (Lipinski definition) is 1. The Bertz CT molecular complexity index is 1410. The first-order valence-corrected chi connectivity index (χ1v) is 12.6. The van der Waals surface area contributed by atoms with Crippen molar-refractivity contribution in [2.45, 2.75) is 12.8 Å². The lowest BCUT2D eigenvalue weighted by molar-refractivity contribution is -0.117. The minimum absolute atomic E-state index is 0.0658. The van der Waals surface area contributed by atoms with Gasteiger partial charge >= 0.3 is 0 Å². The molecule has 1 aliphatic carbocycles. The maximum Gasteiger partial charge on any atom is 0.254 e. The Labute approximate surface area is 221 Å². The van der Waals surface area contributed by atoms with Gasteiger partial charge in [0.2, 0.25) is 11.9 Å². The molecule has 0 saturated heterocycles. The van der Waals surface area contributed by atoms with Crippen molar-refractivity contribution in [1.82, 2.24) is 14.5 Å². The van der Waals surface area contributed by atoms with Crippen LogP contribution in [-0.2, 0) is 4.79 Å². The molecule has 1 aromatic heterocycles. The number of imidazole rings is 1. The molecule has 194 valence electrons. The lowest BCUT2D eigenvalue weighted by Crippen LogP contribution is -2.39. The van der Waals surface area contributed by atoms with Crippen molar-refractivity contribution in [2.75, 3.05) is 32.6 Å². The normalized spacial score (nSPS) is 12.6. The number of carbonyl (C=O) groups excluding carboxylic acids is 2. The third kappa shape index (κ3) is 5.70. The summed E-state index contributed by atoms with van der Waals surface area (Å²) in [6, 6.07) is 24.3. The molecule has 1 heterocycles. The largest absolute Gasteiger partial charge is 0.493 e. The molecular weight excluding hydrogens is 480 g/mol. The van der Waals surface area contributed by atoms with E-state index < -0.39 is 0 Å². The minimum Gasteiger partial charge on any atom is -0.493 e. The average molecular weight is 511 g/mol. The number of methoxy groups -OCH3 is 2. The van der Waals surface area contributed by atoms with Gasteiger partial charge in [-0.3, -0.25) is 19.5 Å². The smallest absolute Gasteiger partial charge is 0.254 e. The van der Waals surface area contributed by atoms with E-state index >= 15 is 0 Å². The first-order valence-electron chi connectivity index (χ1n) is 12.6. The lowest BCUT2D eigenvalue weighted by atomic mass is 10.2. The van der Waals surface area contributed by atoms with Crippen molar-refractivity contribution in [3.8, 4) is 28.4 Å². The first kappa shape index (κ1) is 25.1. The highest BCUT2D eigenvalue weighted by Crippen LogP contribution is 2.32. The summed E-state index contributed by atoms with van der Waals surface area (Å²) in [5, 5.41) is 2.94. The molecule has 0 aliphatic heterocycles. The monoisotopic (exact) mass is 510 g/mol. The molecule has 1 saturated carbocycles. The SMILES string of the molecule is COc1ccc(-n2cc(-c3ccccc3)nc2NC(=O)CN(CC2CC2)C(=O)c2ccccc2)cc1OC. The van der Waals surface area contributed by atoms with Crippen molar-refractivity contribution >= 4 is 17.8 Å². The van der Waals surface area contributed by atoms with E-state index in [9.17, 15) is 9.59 Å². The van der Waals surface area contributed by atoms with E-state index in [4.69, 9.17) is 14.5 Å². The molecule has 0 unspecified atom stereocenters. The van der Waals surface area contributed by atoms with Crippen LogP contribution >= 0.6 is 0 Å². The van der Waals surface area contributed by atoms with E-state index in [0.717, 1.165) is 24.1 Å². The zero-order chi connectivity index (χ0) is 26.5. The molecule has 38 heavy (non-hydrogen) atoms. The Kier molecular flexibility index (Phi) is 7.40. The number of nitrogens with zero attached hydrogens (tertiary/aromatic N) is 3. The zero-order valence-electron chi connectivity index (χ0n) is 21.5. The molecule has 5 rings (SSSR count). The van der Waals surface area contributed by atoms with Crippen molar-refractivity contribution < 1.29 is 19.1 Å². The van der Waals surface area contributed by atoms with E-state index in [1.54, 1.807) is 41.9 Å². The van der Waals surface area contributed by atoms with E-state index in [-0.39, 0.29) is 18.4 Å². The van der Waals surface area contributed by atoms with Crippen LogP contribution in [0.1, 0.15) is 23.2 Å². The number of ether oxygens (including phenoxy) is 2. The molecule has 0 spiro atoms. The topological polar surface area (TPSA) is 85.7 Å². The summed E-state index contributed by atoms with van der Waals surface area (Å²) in [5.41, 5.74) is 2.92. The molecule has 4 aromatic rings. The number of nitrogens with one attached hydrogen (secondary N) is 1. The van der Waals surface area contributed by atoms with Gasteiger partial charge in [0.25, 0.3) is 5.91 Å². The summed E-state index contributed by atoms with van der Waals surface area (Å²) < 4.78 is 12.7. The van der Waals surface area contributed by atoms with E-state index in [1.807, 2.05) is 66.9 Å². The van der Waals surface area contributed by atoms with Crippen LogP contribution in [0.4, 0.5) is 5.95 Å². The maximum absolute atomic E-state index is 13.3. The second kappa shape index (κ2) is 11.2. The third-order valence-corrected chi connectivity index (χ3v) is 6.49. The van der Waals surface area contributed by atoms with Gasteiger partial charge in [-0.15, -0.1) is 0 Å². The van der Waals surface area contributed by atoms with Gasteiger partial charge in [-0.25, -0.2) is 4.98 Å². The molecule has 0 atom stereocenters. The van der Waals surface area contributed by atoms with Gasteiger partial charge in [0.1, 0.15) is 6.54 Å². The molecular formula is C30H30N4O4. The molecule has 1 N–H and O–H groups in total. The Hall–Kier alpha value is -4.59. The van der Waals surface area contributed by atoms with Crippen LogP contribution in [0.5, 0.6) is 11.5 Å². The summed E-state index contributed by atoms with van der Waals surface area (Å²) in [6.45, 7) is 0.490. The number of amides is 2. The molecule has 1 fully saturated rings. The van der Waals surface area contributed by atoms with Gasteiger partial charge in [-0.1, -0.05) is 48.5 Å². The zero-order valence-corrected chi connectivity index (χ0v) is 21.5. The van der Waals surface area contributed by atoms with Gasteiger partial charge in [0, 0.05) is 29.9 Å². The second-order valence-electron chi connectivity index (χ2n) is 9.27. The number of benzene rings is 3. The van der Waals surface area contributed by atoms with Crippen LogP contribution in [0.3, 0.4) is 0 Å². The van der Waals surface area contributed by atoms with Crippen LogP contribution in [0, 0.1) is 5.92 Å². The van der Waals surface area contributed by atoms with Gasteiger partial charge < -0.3 is 14.4 Å². The Morgan fingerprint density at radius 3 is 2.29 bits per heavy atom. The van der Waals surface area contributed by atoms with Crippen molar-refractivity contribution in [1.29, 1.82) is 0 Å². The van der Waals surface area contributed by atoms with Gasteiger partial charge in [0.15, 0.2) is 11.5 Å². The summed E-state index contributed by atoms with van der Waals surface area (Å²) >= 11 is 0. The van der Waals surface area contributed by atoms with Gasteiger partial charge in [-0.2, -0.15) is 0 Å². The van der Waals surface area contributed by atoms with E-state index in [2.05, 4.69) is 5.32 Å². The highest BCUT2D eigenvalue weighted by Gasteiger charge is 2.29. The number of carbonyl (C=O) groups is 2. The maximum atomic E-state index is 13.3. The van der Waals surface area contributed by atoms with E-state index in [1.165, 1.54) is 0 Å². The third-order valence-electron chi connectivity index (χ3n) is 6.49. The standard InChI is InChI=1S/C30H30N4O4/c1-37-26-16-15-24(17-27(26)38-2)34-19-25(22-9-5-3-6-10-22)31-30(34)32-28(35)20-33(18-21-13-14-21)29(36)23-11-7-4-8-12-23/h3-12,15-17,19,21H,13-14,18,20H2,1-2H3,(H,31,32,35). The summed E-state index contributed by atoms with van der Waals surface area (Å²) in [5.74, 6) is 1.47. The average Bonchev–Trinajstić information content (AvgIpc) is 3.69. The van der Waals surface area contributed by atoms with Crippen molar-refractivity contribution in [2.24, 2.45) is 5.92 Å². The van der Waals surface area contributed by atoms with Crippen LogP contribution in [0.2, 0.25) is 0 Å². The fraction of sp³-hybridized carbons (Fsp3) is 0.233. The molecule has 1 aliphatic rings. The van der Waals surface area contributed by atoms with Crippen LogP contribution < -0.4 is 14.8 Å². The summed E-state index contributed by atoms with van der Waals surface area (Å²) in [6.07, 6.45) is 4.01. The Morgan fingerprint density at radius 1 is 0.947 bits per heavy atom.